The van der Waals surface area contributed by atoms with E-state index in [-0.39, 0.29) is 24.7 Å². The lowest BCUT2D eigenvalue weighted by atomic mass is 10.0. The fourth-order valence-electron chi connectivity index (χ4n) is 2.60. The van der Waals surface area contributed by atoms with Gasteiger partial charge in [0.25, 0.3) is 5.91 Å². The van der Waals surface area contributed by atoms with Crippen molar-refractivity contribution in [2.45, 2.75) is 20.8 Å². The Hall–Kier alpha value is -2.93. The third-order valence-corrected chi connectivity index (χ3v) is 3.71. The van der Waals surface area contributed by atoms with Gasteiger partial charge in [-0.05, 0) is 56.2 Å². The molecule has 6 nitrogen and oxygen atoms in total. The van der Waals surface area contributed by atoms with Crippen molar-refractivity contribution in [3.05, 3.63) is 58.4 Å². The molecule has 2 aromatic rings. The van der Waals surface area contributed by atoms with Gasteiger partial charge in [-0.2, -0.15) is 0 Å². The molecule has 1 N–H and O–H groups in total. The van der Waals surface area contributed by atoms with Gasteiger partial charge in [-0.15, -0.1) is 0 Å². The number of carbonyl (C=O) groups excluding carboxylic acids is 2. The number of halogens is 1. The molecule has 0 fully saturated rings. The first-order valence-corrected chi connectivity index (χ1v) is 8.38. The summed E-state index contributed by atoms with van der Waals surface area (Å²) in [6.07, 6.45) is 0. The second-order valence-corrected chi connectivity index (χ2v) is 5.88. The Morgan fingerprint density at radius 2 is 1.85 bits per heavy atom. The number of benzene rings is 2. The zero-order chi connectivity index (χ0) is 20.0. The van der Waals surface area contributed by atoms with Gasteiger partial charge in [0.2, 0.25) is 0 Å². The van der Waals surface area contributed by atoms with Gasteiger partial charge in [0.15, 0.2) is 6.79 Å². The van der Waals surface area contributed by atoms with Crippen molar-refractivity contribution in [3.63, 3.8) is 0 Å². The van der Waals surface area contributed by atoms with Crippen LogP contribution in [0.25, 0.3) is 0 Å². The van der Waals surface area contributed by atoms with Gasteiger partial charge in [-0.3, -0.25) is 4.79 Å². The molecule has 0 saturated carbocycles. The molecule has 0 unspecified atom stereocenters. The van der Waals surface area contributed by atoms with Crippen LogP contribution in [-0.2, 0) is 9.47 Å². The van der Waals surface area contributed by atoms with E-state index in [2.05, 4.69) is 5.32 Å². The Morgan fingerprint density at radius 3 is 2.48 bits per heavy atom. The average molecular weight is 375 g/mol. The minimum Gasteiger partial charge on any atom is -0.466 e. The summed E-state index contributed by atoms with van der Waals surface area (Å²) in [6, 6.07) is 7.34. The van der Waals surface area contributed by atoms with Crippen molar-refractivity contribution in [1.29, 1.82) is 0 Å². The molecule has 0 aliphatic carbocycles. The number of nitrogens with one attached hydrogen (secondary N) is 1. The maximum atomic E-state index is 14.2. The fraction of sp³-hybridized carbons (Fsp3) is 0.300. The minimum absolute atomic E-state index is 0.00690. The highest BCUT2D eigenvalue weighted by molar-refractivity contribution is 6.06. The van der Waals surface area contributed by atoms with Gasteiger partial charge >= 0.3 is 5.97 Å². The summed E-state index contributed by atoms with van der Waals surface area (Å²) in [7, 11) is 1.48. The van der Waals surface area contributed by atoms with Crippen molar-refractivity contribution < 1.29 is 28.2 Å². The molecule has 1 amide bonds. The lowest BCUT2D eigenvalue weighted by Gasteiger charge is -2.15. The standard InChI is InChI=1S/C20H22FNO5/c1-5-26-20(24)15-7-6-14(10-17(15)21)22-19(23)16-9-12(2)8-13(3)18(16)27-11-25-4/h6-10H,5,11H2,1-4H3,(H,22,23). The van der Waals surface area contributed by atoms with Crippen LogP contribution in [0.2, 0.25) is 0 Å². The van der Waals surface area contributed by atoms with Crippen molar-refractivity contribution >= 4 is 17.6 Å². The largest absolute Gasteiger partial charge is 0.466 e. The van der Waals surface area contributed by atoms with E-state index in [1.807, 2.05) is 19.9 Å². The molecule has 144 valence electrons. The summed E-state index contributed by atoms with van der Waals surface area (Å²) in [4.78, 5) is 24.4. The molecule has 0 atom stereocenters. The molecule has 2 aromatic carbocycles. The molecule has 0 aliphatic heterocycles. The maximum absolute atomic E-state index is 14.2. The Bertz CT molecular complexity index is 851. The molecule has 0 saturated heterocycles. The van der Waals surface area contributed by atoms with Crippen molar-refractivity contribution in [3.8, 4) is 5.75 Å². The number of hydrogen-bond acceptors (Lipinski definition) is 5. The first-order valence-electron chi connectivity index (χ1n) is 8.38. The number of methoxy groups -OCH3 is 1. The van der Waals surface area contributed by atoms with Gasteiger partial charge in [0.05, 0.1) is 17.7 Å². The quantitative estimate of drug-likeness (QED) is 0.588. The van der Waals surface area contributed by atoms with Crippen molar-refractivity contribution in [1.82, 2.24) is 0 Å². The average Bonchev–Trinajstić information content (AvgIpc) is 2.60. The van der Waals surface area contributed by atoms with Gasteiger partial charge < -0.3 is 19.5 Å². The molecule has 0 spiro atoms. The molecule has 0 aromatic heterocycles. The van der Waals surface area contributed by atoms with E-state index in [4.69, 9.17) is 14.2 Å². The number of esters is 1. The second-order valence-electron chi connectivity index (χ2n) is 5.88. The Balaban J connectivity index is 2.27. The van der Waals surface area contributed by atoms with E-state index in [0.29, 0.717) is 11.3 Å². The molecule has 7 heteroatoms. The molecule has 27 heavy (non-hydrogen) atoms. The highest BCUT2D eigenvalue weighted by Crippen LogP contribution is 2.27. The SMILES string of the molecule is CCOC(=O)c1ccc(NC(=O)c2cc(C)cc(C)c2OCOC)cc1F. The molecule has 0 aliphatic rings. The molecule has 0 heterocycles. The topological polar surface area (TPSA) is 73.9 Å². The van der Waals surface area contributed by atoms with Crippen LogP contribution < -0.4 is 10.1 Å². The number of aryl methyl sites for hydroxylation is 2. The second kappa shape index (κ2) is 9.14. The van der Waals surface area contributed by atoms with E-state index < -0.39 is 17.7 Å². The van der Waals surface area contributed by atoms with Crippen LogP contribution >= 0.6 is 0 Å². The van der Waals surface area contributed by atoms with Crippen LogP contribution in [0.1, 0.15) is 38.8 Å². The van der Waals surface area contributed by atoms with Crippen LogP contribution in [0, 0.1) is 19.7 Å². The molecule has 2 rings (SSSR count). The van der Waals surface area contributed by atoms with Crippen LogP contribution in [0.3, 0.4) is 0 Å². The third-order valence-electron chi connectivity index (χ3n) is 3.71. The van der Waals surface area contributed by atoms with Gasteiger partial charge in [-0.25, -0.2) is 9.18 Å². The Kier molecular flexibility index (Phi) is 6.90. The molecular formula is C20H22FNO5. The first-order chi connectivity index (χ1) is 12.9. The van der Waals surface area contributed by atoms with E-state index in [1.54, 1.807) is 13.0 Å². The smallest absolute Gasteiger partial charge is 0.341 e. The van der Waals surface area contributed by atoms with Crippen LogP contribution in [-0.4, -0.2) is 32.4 Å². The van der Waals surface area contributed by atoms with Crippen LogP contribution in [0.5, 0.6) is 5.75 Å². The summed E-state index contributed by atoms with van der Waals surface area (Å²) < 4.78 is 29.4. The minimum atomic E-state index is -0.775. The summed E-state index contributed by atoms with van der Waals surface area (Å²) in [5, 5.41) is 2.62. The molecule has 0 bridgehead atoms. The summed E-state index contributed by atoms with van der Waals surface area (Å²) >= 11 is 0. The molecule has 0 radical (unpaired) electrons. The van der Waals surface area contributed by atoms with Gasteiger partial charge in [0, 0.05) is 12.8 Å². The van der Waals surface area contributed by atoms with Crippen molar-refractivity contribution in [2.24, 2.45) is 0 Å². The predicted octanol–water partition coefficient (Wildman–Crippen LogP) is 3.85. The Labute approximate surface area is 157 Å². The summed E-state index contributed by atoms with van der Waals surface area (Å²) in [6.45, 7) is 5.46. The number of rotatable bonds is 7. The van der Waals surface area contributed by atoms with E-state index >= 15 is 0 Å². The fourth-order valence-corrected chi connectivity index (χ4v) is 2.60. The molecular weight excluding hydrogens is 353 g/mol. The number of carbonyl (C=O) groups is 2. The summed E-state index contributed by atoms with van der Waals surface area (Å²) in [5.74, 6) is -1.60. The number of anilines is 1. The highest BCUT2D eigenvalue weighted by Gasteiger charge is 2.18. The van der Waals surface area contributed by atoms with E-state index in [0.717, 1.165) is 17.2 Å². The van der Waals surface area contributed by atoms with Crippen LogP contribution in [0.15, 0.2) is 30.3 Å². The van der Waals surface area contributed by atoms with Crippen molar-refractivity contribution in [2.75, 3.05) is 25.8 Å². The lowest BCUT2D eigenvalue weighted by Crippen LogP contribution is -2.16. The third kappa shape index (κ3) is 5.04. The predicted molar refractivity (Wildman–Crippen MR) is 98.7 cm³/mol. The first kappa shape index (κ1) is 20.4. The Morgan fingerprint density at radius 1 is 1.11 bits per heavy atom. The van der Waals surface area contributed by atoms with Gasteiger partial charge in [0.1, 0.15) is 11.6 Å². The van der Waals surface area contributed by atoms with E-state index in [1.165, 1.54) is 19.2 Å². The maximum Gasteiger partial charge on any atom is 0.341 e. The van der Waals surface area contributed by atoms with Crippen LogP contribution in [0.4, 0.5) is 10.1 Å². The summed E-state index contributed by atoms with van der Waals surface area (Å²) in [5.41, 5.74) is 1.99. The number of ether oxygens (including phenoxy) is 3. The zero-order valence-electron chi connectivity index (χ0n) is 15.7. The number of amides is 1. The van der Waals surface area contributed by atoms with Gasteiger partial charge in [-0.1, -0.05) is 6.07 Å². The highest BCUT2D eigenvalue weighted by atomic mass is 19.1. The zero-order valence-corrected chi connectivity index (χ0v) is 15.7. The lowest BCUT2D eigenvalue weighted by molar-refractivity contribution is 0.0497. The van der Waals surface area contributed by atoms with E-state index in [9.17, 15) is 14.0 Å². The number of hydrogen-bond donors (Lipinski definition) is 1. The monoisotopic (exact) mass is 375 g/mol. The normalized spacial score (nSPS) is 10.4.